The summed E-state index contributed by atoms with van der Waals surface area (Å²) in [4.78, 5) is 2.09. The SMILES string of the molecule is CC(Nc1cccc(CN(C)C)c1)c1ccc(F)cc1F. The van der Waals surface area contributed by atoms with Crippen LogP contribution in [0.25, 0.3) is 0 Å². The van der Waals surface area contributed by atoms with E-state index in [1.807, 2.05) is 45.3 Å². The number of rotatable bonds is 5. The molecule has 0 aliphatic carbocycles. The summed E-state index contributed by atoms with van der Waals surface area (Å²) in [5, 5.41) is 3.25. The van der Waals surface area contributed by atoms with E-state index in [2.05, 4.69) is 10.2 Å². The van der Waals surface area contributed by atoms with Crippen molar-refractivity contribution >= 4 is 5.69 Å². The van der Waals surface area contributed by atoms with Crippen LogP contribution in [0.2, 0.25) is 0 Å². The highest BCUT2D eigenvalue weighted by atomic mass is 19.1. The molecule has 2 rings (SSSR count). The van der Waals surface area contributed by atoms with Gasteiger partial charge in [-0.15, -0.1) is 0 Å². The first kappa shape index (κ1) is 15.4. The average molecular weight is 290 g/mol. The minimum absolute atomic E-state index is 0.236. The number of hydrogen-bond donors (Lipinski definition) is 1. The van der Waals surface area contributed by atoms with Crippen LogP contribution in [-0.2, 0) is 6.54 Å². The van der Waals surface area contributed by atoms with Crippen LogP contribution in [0.1, 0.15) is 24.1 Å². The third-order valence-electron chi connectivity index (χ3n) is 3.24. The molecular formula is C17H20F2N2. The standard InChI is InChI=1S/C17H20F2N2/c1-12(16-8-7-14(18)10-17(16)19)20-15-6-4-5-13(9-15)11-21(2)3/h4-10,12,20H,11H2,1-3H3. The normalized spacial score (nSPS) is 12.5. The van der Waals surface area contributed by atoms with Gasteiger partial charge in [0.25, 0.3) is 0 Å². The Kier molecular flexibility index (Phi) is 4.91. The molecule has 4 heteroatoms. The van der Waals surface area contributed by atoms with Gasteiger partial charge in [0, 0.05) is 23.9 Å². The lowest BCUT2D eigenvalue weighted by molar-refractivity contribution is 0.402. The fourth-order valence-electron chi connectivity index (χ4n) is 2.31. The molecule has 0 heterocycles. The number of halogens is 2. The second-order valence-electron chi connectivity index (χ2n) is 5.47. The van der Waals surface area contributed by atoms with Crippen LogP contribution in [0.3, 0.4) is 0 Å². The van der Waals surface area contributed by atoms with Gasteiger partial charge in [-0.3, -0.25) is 0 Å². The van der Waals surface area contributed by atoms with E-state index < -0.39 is 11.6 Å². The largest absolute Gasteiger partial charge is 0.378 e. The first-order chi connectivity index (χ1) is 9.95. The van der Waals surface area contributed by atoms with Gasteiger partial charge < -0.3 is 10.2 Å². The van der Waals surface area contributed by atoms with E-state index in [0.717, 1.165) is 18.3 Å². The molecule has 1 unspecified atom stereocenters. The Labute approximate surface area is 124 Å². The van der Waals surface area contributed by atoms with Gasteiger partial charge in [0.1, 0.15) is 11.6 Å². The molecule has 2 aromatic carbocycles. The zero-order chi connectivity index (χ0) is 15.4. The molecule has 0 aliphatic rings. The highest BCUT2D eigenvalue weighted by molar-refractivity contribution is 5.47. The first-order valence-corrected chi connectivity index (χ1v) is 6.91. The van der Waals surface area contributed by atoms with Crippen molar-refractivity contribution < 1.29 is 8.78 Å². The quantitative estimate of drug-likeness (QED) is 0.888. The van der Waals surface area contributed by atoms with Gasteiger partial charge >= 0.3 is 0 Å². The minimum atomic E-state index is -0.559. The molecule has 0 saturated carbocycles. The second kappa shape index (κ2) is 6.68. The van der Waals surface area contributed by atoms with Crippen molar-refractivity contribution in [2.75, 3.05) is 19.4 Å². The van der Waals surface area contributed by atoms with Crippen molar-refractivity contribution in [3.8, 4) is 0 Å². The Hall–Kier alpha value is -1.94. The van der Waals surface area contributed by atoms with Gasteiger partial charge in [0.2, 0.25) is 0 Å². The summed E-state index contributed by atoms with van der Waals surface area (Å²) in [5.74, 6) is -1.09. The van der Waals surface area contributed by atoms with E-state index in [0.29, 0.717) is 5.56 Å². The lowest BCUT2D eigenvalue weighted by Gasteiger charge is -2.18. The van der Waals surface area contributed by atoms with Gasteiger partial charge in [-0.2, -0.15) is 0 Å². The van der Waals surface area contributed by atoms with Crippen LogP contribution in [0.5, 0.6) is 0 Å². The van der Waals surface area contributed by atoms with E-state index in [1.165, 1.54) is 17.7 Å². The summed E-state index contributed by atoms with van der Waals surface area (Å²) in [7, 11) is 4.02. The first-order valence-electron chi connectivity index (χ1n) is 6.91. The third kappa shape index (κ3) is 4.26. The van der Waals surface area contributed by atoms with E-state index >= 15 is 0 Å². The molecule has 0 fully saturated rings. The van der Waals surface area contributed by atoms with Gasteiger partial charge in [0.05, 0.1) is 6.04 Å². The van der Waals surface area contributed by atoms with Crippen molar-refractivity contribution in [1.29, 1.82) is 0 Å². The third-order valence-corrected chi connectivity index (χ3v) is 3.24. The molecule has 1 atom stereocenters. The summed E-state index contributed by atoms with van der Waals surface area (Å²) in [6.07, 6.45) is 0. The molecule has 0 amide bonds. The Morgan fingerprint density at radius 2 is 1.86 bits per heavy atom. The molecular weight excluding hydrogens is 270 g/mol. The molecule has 0 aromatic heterocycles. The number of anilines is 1. The fourth-order valence-corrected chi connectivity index (χ4v) is 2.31. The van der Waals surface area contributed by atoms with Crippen molar-refractivity contribution in [2.45, 2.75) is 19.5 Å². The van der Waals surface area contributed by atoms with Crippen LogP contribution in [-0.4, -0.2) is 19.0 Å². The summed E-state index contributed by atoms with van der Waals surface area (Å²) in [6.45, 7) is 2.70. The van der Waals surface area contributed by atoms with Crippen LogP contribution < -0.4 is 5.32 Å². The highest BCUT2D eigenvalue weighted by Crippen LogP contribution is 2.23. The molecule has 0 saturated heterocycles. The molecule has 0 spiro atoms. The topological polar surface area (TPSA) is 15.3 Å². The fraction of sp³-hybridized carbons (Fsp3) is 0.294. The maximum atomic E-state index is 13.8. The monoisotopic (exact) mass is 290 g/mol. The zero-order valence-electron chi connectivity index (χ0n) is 12.5. The molecule has 0 aliphatic heterocycles. The number of nitrogens with zero attached hydrogens (tertiary/aromatic N) is 1. The van der Waals surface area contributed by atoms with Crippen molar-refractivity contribution in [3.05, 3.63) is 65.2 Å². The van der Waals surface area contributed by atoms with E-state index in [9.17, 15) is 8.78 Å². The predicted molar refractivity (Wildman–Crippen MR) is 82.2 cm³/mol. The lowest BCUT2D eigenvalue weighted by atomic mass is 10.1. The predicted octanol–water partition coefficient (Wildman–Crippen LogP) is 4.20. The van der Waals surface area contributed by atoms with Gasteiger partial charge in [0.15, 0.2) is 0 Å². The Morgan fingerprint density at radius 3 is 2.52 bits per heavy atom. The Balaban J connectivity index is 2.13. The molecule has 112 valence electrons. The summed E-state index contributed by atoms with van der Waals surface area (Å²) >= 11 is 0. The Bertz CT molecular complexity index is 611. The van der Waals surface area contributed by atoms with E-state index in [-0.39, 0.29) is 6.04 Å². The second-order valence-corrected chi connectivity index (χ2v) is 5.47. The number of hydrogen-bond acceptors (Lipinski definition) is 2. The molecule has 21 heavy (non-hydrogen) atoms. The van der Waals surface area contributed by atoms with Gasteiger partial charge in [-0.1, -0.05) is 18.2 Å². The van der Waals surface area contributed by atoms with E-state index in [1.54, 1.807) is 0 Å². The molecule has 2 nitrogen and oxygen atoms in total. The maximum Gasteiger partial charge on any atom is 0.131 e. The van der Waals surface area contributed by atoms with Crippen LogP contribution in [0.4, 0.5) is 14.5 Å². The summed E-state index contributed by atoms with van der Waals surface area (Å²) in [6, 6.07) is 11.4. The number of benzene rings is 2. The molecule has 2 aromatic rings. The van der Waals surface area contributed by atoms with Crippen molar-refractivity contribution in [2.24, 2.45) is 0 Å². The summed E-state index contributed by atoms with van der Waals surface area (Å²) in [5.41, 5.74) is 2.55. The molecule has 1 N–H and O–H groups in total. The average Bonchev–Trinajstić information content (AvgIpc) is 2.37. The number of nitrogens with one attached hydrogen (secondary N) is 1. The van der Waals surface area contributed by atoms with Crippen LogP contribution >= 0.6 is 0 Å². The van der Waals surface area contributed by atoms with Crippen molar-refractivity contribution in [3.63, 3.8) is 0 Å². The highest BCUT2D eigenvalue weighted by Gasteiger charge is 2.11. The molecule has 0 radical (unpaired) electrons. The molecule has 0 bridgehead atoms. The Morgan fingerprint density at radius 1 is 1.10 bits per heavy atom. The van der Waals surface area contributed by atoms with Gasteiger partial charge in [-0.05, 0) is 44.8 Å². The van der Waals surface area contributed by atoms with Crippen LogP contribution in [0.15, 0.2) is 42.5 Å². The lowest BCUT2D eigenvalue weighted by Crippen LogP contribution is -2.12. The zero-order valence-corrected chi connectivity index (χ0v) is 12.5. The van der Waals surface area contributed by atoms with Crippen LogP contribution in [0, 0.1) is 11.6 Å². The minimum Gasteiger partial charge on any atom is -0.378 e. The van der Waals surface area contributed by atoms with E-state index in [4.69, 9.17) is 0 Å². The maximum absolute atomic E-state index is 13.8. The van der Waals surface area contributed by atoms with Gasteiger partial charge in [-0.25, -0.2) is 8.78 Å². The smallest absolute Gasteiger partial charge is 0.131 e. The summed E-state index contributed by atoms with van der Waals surface area (Å²) < 4.78 is 26.7. The van der Waals surface area contributed by atoms with Crippen molar-refractivity contribution in [1.82, 2.24) is 4.90 Å².